The third kappa shape index (κ3) is 6.47. The van der Waals surface area contributed by atoms with Crippen LogP contribution >= 0.6 is 11.8 Å². The van der Waals surface area contributed by atoms with Gasteiger partial charge in [-0.1, -0.05) is 12.8 Å². The van der Waals surface area contributed by atoms with E-state index in [4.69, 9.17) is 5.11 Å². The number of aliphatic carboxylic acids is 1. The second kappa shape index (κ2) is 8.04. The highest BCUT2D eigenvalue weighted by atomic mass is 32.2. The van der Waals surface area contributed by atoms with Crippen molar-refractivity contribution in [3.8, 4) is 0 Å². The standard InChI is InChI=1S/C12H20N2O4S/c1-8(15)13-10(12(17)18)6-19-7-11(16)14-9-4-2-3-5-9/h9-10H,2-7H2,1H3,(H,13,15)(H,14,16)(H,17,18). The van der Waals surface area contributed by atoms with Crippen molar-refractivity contribution >= 4 is 29.5 Å². The number of carboxylic acid groups (broad SMARTS) is 1. The van der Waals surface area contributed by atoms with Gasteiger partial charge in [-0.05, 0) is 12.8 Å². The first-order valence-corrected chi connectivity index (χ1v) is 7.51. The molecule has 0 saturated heterocycles. The van der Waals surface area contributed by atoms with E-state index >= 15 is 0 Å². The van der Waals surface area contributed by atoms with E-state index < -0.39 is 12.0 Å². The van der Waals surface area contributed by atoms with Crippen LogP contribution in [0.1, 0.15) is 32.6 Å². The fraction of sp³-hybridized carbons (Fsp3) is 0.750. The first kappa shape index (κ1) is 15.8. The lowest BCUT2D eigenvalue weighted by molar-refractivity contribution is -0.140. The van der Waals surface area contributed by atoms with Crippen molar-refractivity contribution in [1.29, 1.82) is 0 Å². The monoisotopic (exact) mass is 288 g/mol. The van der Waals surface area contributed by atoms with Crippen molar-refractivity contribution in [3.63, 3.8) is 0 Å². The maximum atomic E-state index is 11.6. The molecule has 1 rings (SSSR count). The molecule has 0 aromatic carbocycles. The maximum Gasteiger partial charge on any atom is 0.327 e. The van der Waals surface area contributed by atoms with Gasteiger partial charge in [-0.25, -0.2) is 4.79 Å². The van der Waals surface area contributed by atoms with Gasteiger partial charge < -0.3 is 15.7 Å². The van der Waals surface area contributed by atoms with E-state index in [1.807, 2.05) is 0 Å². The Morgan fingerprint density at radius 3 is 2.47 bits per heavy atom. The minimum Gasteiger partial charge on any atom is -0.480 e. The highest BCUT2D eigenvalue weighted by Gasteiger charge is 2.20. The molecule has 1 aliphatic rings. The molecule has 0 aromatic rings. The second-order valence-corrected chi connectivity index (χ2v) is 5.69. The van der Waals surface area contributed by atoms with Crippen LogP contribution in [0.2, 0.25) is 0 Å². The van der Waals surface area contributed by atoms with Gasteiger partial charge in [0.15, 0.2) is 0 Å². The third-order valence-corrected chi connectivity index (χ3v) is 3.95. The van der Waals surface area contributed by atoms with Crippen LogP contribution < -0.4 is 10.6 Å². The van der Waals surface area contributed by atoms with Crippen molar-refractivity contribution in [3.05, 3.63) is 0 Å². The van der Waals surface area contributed by atoms with Gasteiger partial charge in [-0.15, -0.1) is 11.8 Å². The van der Waals surface area contributed by atoms with Gasteiger partial charge in [0.05, 0.1) is 5.75 Å². The molecule has 1 atom stereocenters. The summed E-state index contributed by atoms with van der Waals surface area (Å²) >= 11 is 1.22. The summed E-state index contributed by atoms with van der Waals surface area (Å²) < 4.78 is 0. The number of thioether (sulfide) groups is 1. The van der Waals surface area contributed by atoms with Crippen molar-refractivity contribution < 1.29 is 19.5 Å². The van der Waals surface area contributed by atoms with Gasteiger partial charge in [0.2, 0.25) is 11.8 Å². The predicted molar refractivity (Wildman–Crippen MR) is 73.0 cm³/mol. The molecule has 1 aliphatic carbocycles. The quantitative estimate of drug-likeness (QED) is 0.629. The van der Waals surface area contributed by atoms with Crippen molar-refractivity contribution in [2.75, 3.05) is 11.5 Å². The van der Waals surface area contributed by atoms with Crippen LogP contribution in [0, 0.1) is 0 Å². The Morgan fingerprint density at radius 2 is 1.95 bits per heavy atom. The molecule has 7 heteroatoms. The Balaban J connectivity index is 2.21. The van der Waals surface area contributed by atoms with Gasteiger partial charge in [0.1, 0.15) is 6.04 Å². The molecule has 0 aromatic heterocycles. The Labute approximate surface area is 116 Å². The number of nitrogens with one attached hydrogen (secondary N) is 2. The predicted octanol–water partition coefficient (Wildman–Crippen LogP) is 0.368. The normalized spacial score (nSPS) is 16.9. The van der Waals surface area contributed by atoms with E-state index in [9.17, 15) is 14.4 Å². The molecule has 0 heterocycles. The van der Waals surface area contributed by atoms with Gasteiger partial charge in [-0.3, -0.25) is 9.59 Å². The zero-order chi connectivity index (χ0) is 14.3. The number of rotatable bonds is 7. The molecule has 1 saturated carbocycles. The molecule has 1 unspecified atom stereocenters. The van der Waals surface area contributed by atoms with Gasteiger partial charge in [0, 0.05) is 18.7 Å². The highest BCUT2D eigenvalue weighted by Crippen LogP contribution is 2.17. The third-order valence-electron chi connectivity index (χ3n) is 2.91. The Bertz CT molecular complexity index is 343. The zero-order valence-corrected chi connectivity index (χ0v) is 11.8. The largest absolute Gasteiger partial charge is 0.480 e. The number of carbonyl (C=O) groups is 3. The van der Waals surface area contributed by atoms with Gasteiger partial charge >= 0.3 is 5.97 Å². The molecule has 1 fully saturated rings. The van der Waals surface area contributed by atoms with Crippen molar-refractivity contribution in [1.82, 2.24) is 10.6 Å². The zero-order valence-electron chi connectivity index (χ0n) is 11.0. The Kier molecular flexibility index (Phi) is 6.69. The van der Waals surface area contributed by atoms with E-state index in [-0.39, 0.29) is 29.4 Å². The summed E-state index contributed by atoms with van der Waals surface area (Å²) in [6, 6.07) is -0.666. The lowest BCUT2D eigenvalue weighted by Gasteiger charge is -2.14. The number of carboxylic acids is 1. The minimum atomic E-state index is -1.08. The lowest BCUT2D eigenvalue weighted by atomic mass is 10.2. The highest BCUT2D eigenvalue weighted by molar-refractivity contribution is 8.00. The van der Waals surface area contributed by atoms with Crippen LogP contribution in [0.25, 0.3) is 0 Å². The van der Waals surface area contributed by atoms with E-state index in [1.165, 1.54) is 18.7 Å². The van der Waals surface area contributed by atoms with Crippen molar-refractivity contribution in [2.24, 2.45) is 0 Å². The first-order chi connectivity index (χ1) is 8.99. The number of hydrogen-bond donors (Lipinski definition) is 3. The topological polar surface area (TPSA) is 95.5 Å². The molecule has 108 valence electrons. The van der Waals surface area contributed by atoms with Crippen LogP contribution in [0.4, 0.5) is 0 Å². The van der Waals surface area contributed by atoms with E-state index in [1.54, 1.807) is 0 Å². The molecule has 6 nitrogen and oxygen atoms in total. The molecule has 0 bridgehead atoms. The van der Waals surface area contributed by atoms with Gasteiger partial charge in [0.25, 0.3) is 0 Å². The summed E-state index contributed by atoms with van der Waals surface area (Å²) in [5.74, 6) is -1.13. The van der Waals surface area contributed by atoms with E-state index in [2.05, 4.69) is 10.6 Å². The number of amides is 2. The Hall–Kier alpha value is -1.24. The molecular weight excluding hydrogens is 268 g/mol. The summed E-state index contributed by atoms with van der Waals surface area (Å²) in [5, 5.41) is 14.2. The SMILES string of the molecule is CC(=O)NC(CSCC(=O)NC1CCCC1)C(=O)O. The molecule has 3 N–H and O–H groups in total. The fourth-order valence-corrected chi connectivity index (χ4v) is 2.88. The molecule has 2 amide bonds. The molecule has 19 heavy (non-hydrogen) atoms. The number of carbonyl (C=O) groups excluding carboxylic acids is 2. The second-order valence-electron chi connectivity index (χ2n) is 4.66. The summed E-state index contributed by atoms with van der Waals surface area (Å²) in [6.07, 6.45) is 4.36. The average Bonchev–Trinajstić information content (AvgIpc) is 2.79. The van der Waals surface area contributed by atoms with Crippen molar-refractivity contribution in [2.45, 2.75) is 44.7 Å². The summed E-state index contributed by atoms with van der Waals surface area (Å²) in [5.41, 5.74) is 0. The number of hydrogen-bond acceptors (Lipinski definition) is 4. The van der Waals surface area contributed by atoms with Crippen LogP contribution in [0.5, 0.6) is 0 Å². The summed E-state index contributed by atoms with van der Waals surface area (Å²) in [4.78, 5) is 33.3. The smallest absolute Gasteiger partial charge is 0.327 e. The molecular formula is C12H20N2O4S. The fourth-order valence-electron chi connectivity index (χ4n) is 2.03. The van der Waals surface area contributed by atoms with E-state index in [0.29, 0.717) is 0 Å². The average molecular weight is 288 g/mol. The molecule has 0 aliphatic heterocycles. The Morgan fingerprint density at radius 1 is 1.32 bits per heavy atom. The van der Waals surface area contributed by atoms with E-state index in [0.717, 1.165) is 25.7 Å². The summed E-state index contributed by atoms with van der Waals surface area (Å²) in [6.45, 7) is 1.27. The summed E-state index contributed by atoms with van der Waals surface area (Å²) in [7, 11) is 0. The first-order valence-electron chi connectivity index (χ1n) is 6.36. The van der Waals surface area contributed by atoms with Gasteiger partial charge in [-0.2, -0.15) is 0 Å². The van der Waals surface area contributed by atoms with Crippen LogP contribution in [-0.4, -0.2) is 46.5 Å². The van der Waals surface area contributed by atoms with Crippen LogP contribution in [0.15, 0.2) is 0 Å². The minimum absolute atomic E-state index is 0.0659. The lowest BCUT2D eigenvalue weighted by Crippen LogP contribution is -2.42. The maximum absolute atomic E-state index is 11.6. The van der Waals surface area contributed by atoms with Crippen LogP contribution in [-0.2, 0) is 14.4 Å². The van der Waals surface area contributed by atoms with Crippen LogP contribution in [0.3, 0.4) is 0 Å². The molecule has 0 spiro atoms. The molecule has 0 radical (unpaired) electrons.